The number of hydrogen-bond acceptors (Lipinski definition) is 7. The van der Waals surface area contributed by atoms with Gasteiger partial charge in [-0.25, -0.2) is 0 Å². The lowest BCUT2D eigenvalue weighted by atomic mass is 10.1. The molecule has 0 aliphatic rings. The first-order chi connectivity index (χ1) is 11.6. The van der Waals surface area contributed by atoms with E-state index in [0.29, 0.717) is 16.5 Å². The van der Waals surface area contributed by atoms with Gasteiger partial charge in [-0.2, -0.15) is 23.4 Å². The number of aromatic hydroxyl groups is 1. The zero-order valence-electron chi connectivity index (χ0n) is 12.6. The van der Waals surface area contributed by atoms with E-state index < -0.39 is 15.0 Å². The van der Waals surface area contributed by atoms with Crippen LogP contribution in [0.15, 0.2) is 35.2 Å². The van der Waals surface area contributed by atoms with E-state index in [1.165, 1.54) is 6.07 Å². The summed E-state index contributed by atoms with van der Waals surface area (Å²) in [6, 6.07) is 7.06. The number of phenols is 1. The second-order valence-corrected chi connectivity index (χ2v) is 7.15. The predicted octanol–water partition coefficient (Wildman–Crippen LogP) is 3.05. The van der Waals surface area contributed by atoms with Crippen LogP contribution in [0.3, 0.4) is 0 Å². The topological polar surface area (TPSA) is 117 Å². The summed E-state index contributed by atoms with van der Waals surface area (Å²) in [5, 5.41) is 10.8. The molecule has 0 saturated carbocycles. The average molecular weight is 401 g/mol. The van der Waals surface area contributed by atoms with Crippen LogP contribution in [0.4, 0.5) is 11.6 Å². The van der Waals surface area contributed by atoms with E-state index in [0.717, 1.165) is 6.07 Å². The first-order valence-electron chi connectivity index (χ1n) is 6.70. The van der Waals surface area contributed by atoms with Crippen molar-refractivity contribution >= 4 is 55.7 Å². The van der Waals surface area contributed by atoms with Crippen LogP contribution >= 0.6 is 23.2 Å². The summed E-state index contributed by atoms with van der Waals surface area (Å²) in [5.41, 5.74) is 0.584. The molecule has 3 rings (SSSR count). The van der Waals surface area contributed by atoms with E-state index in [4.69, 9.17) is 27.8 Å². The third-order valence-electron chi connectivity index (χ3n) is 3.44. The van der Waals surface area contributed by atoms with Crippen LogP contribution in [-0.2, 0) is 10.1 Å². The lowest BCUT2D eigenvalue weighted by molar-refractivity contribution is 0.471. The van der Waals surface area contributed by atoms with Crippen molar-refractivity contribution in [2.24, 2.45) is 0 Å². The fourth-order valence-electron chi connectivity index (χ4n) is 2.24. The molecule has 0 radical (unpaired) electrons. The predicted molar refractivity (Wildman–Crippen MR) is 93.3 cm³/mol. The second kappa shape index (κ2) is 6.26. The Labute approximate surface area is 152 Å². The largest absolute Gasteiger partial charge is 0.507 e. The minimum atomic E-state index is -4.42. The molecule has 0 aliphatic carbocycles. The molecule has 0 unspecified atom stereocenters. The molecule has 0 spiro atoms. The van der Waals surface area contributed by atoms with Crippen LogP contribution in [0.2, 0.25) is 10.6 Å². The van der Waals surface area contributed by atoms with Gasteiger partial charge in [0, 0.05) is 24.2 Å². The summed E-state index contributed by atoms with van der Waals surface area (Å²) < 4.78 is 31.6. The van der Waals surface area contributed by atoms with Crippen molar-refractivity contribution in [2.45, 2.75) is 4.90 Å². The SMILES string of the molecule is CN(c1ccc2cc(S(=O)(=O)O)cc(O)c2c1)c1nc(Cl)nc(Cl)n1. The first kappa shape index (κ1) is 17.6. The molecule has 8 nitrogen and oxygen atoms in total. The number of nitrogens with zero attached hydrogens (tertiary/aromatic N) is 4. The van der Waals surface area contributed by atoms with Gasteiger partial charge in [-0.05, 0) is 46.8 Å². The van der Waals surface area contributed by atoms with Gasteiger partial charge in [0.2, 0.25) is 16.5 Å². The van der Waals surface area contributed by atoms with E-state index >= 15 is 0 Å². The lowest BCUT2D eigenvalue weighted by Crippen LogP contribution is -2.13. The maximum absolute atomic E-state index is 11.2. The van der Waals surface area contributed by atoms with E-state index in [1.54, 1.807) is 30.1 Å². The molecule has 130 valence electrons. The van der Waals surface area contributed by atoms with Crippen LogP contribution < -0.4 is 4.90 Å². The maximum Gasteiger partial charge on any atom is 0.294 e. The number of phenolic OH excluding ortho intramolecular Hbond substituents is 1. The number of rotatable bonds is 3. The Kier molecular flexibility index (Phi) is 4.41. The summed E-state index contributed by atoms with van der Waals surface area (Å²) >= 11 is 11.5. The maximum atomic E-state index is 11.2. The molecule has 0 aliphatic heterocycles. The minimum absolute atomic E-state index is 0.0664. The molecule has 11 heteroatoms. The third kappa shape index (κ3) is 3.59. The Balaban J connectivity index is 2.11. The zero-order valence-corrected chi connectivity index (χ0v) is 14.9. The second-order valence-electron chi connectivity index (χ2n) is 5.06. The molecule has 0 fully saturated rings. The minimum Gasteiger partial charge on any atom is -0.507 e. The molecular formula is C14H10Cl2N4O4S. The Morgan fingerprint density at radius 1 is 1.04 bits per heavy atom. The highest BCUT2D eigenvalue weighted by atomic mass is 35.5. The molecular weight excluding hydrogens is 391 g/mol. The summed E-state index contributed by atoms with van der Waals surface area (Å²) in [7, 11) is -2.76. The van der Waals surface area contributed by atoms with Gasteiger partial charge in [-0.15, -0.1) is 0 Å². The van der Waals surface area contributed by atoms with Crippen LogP contribution in [0.1, 0.15) is 0 Å². The van der Waals surface area contributed by atoms with E-state index in [1.807, 2.05) is 0 Å². The van der Waals surface area contributed by atoms with Crippen LogP contribution in [-0.4, -0.2) is 40.1 Å². The van der Waals surface area contributed by atoms with Crippen LogP contribution in [0, 0.1) is 0 Å². The standard InChI is InChI=1S/C14H10Cl2N4O4S/c1-20(14-18-12(15)17-13(16)19-14)8-3-2-7-4-9(25(22,23)24)6-11(21)10(7)5-8/h2-6,21H,1H3,(H,22,23,24). The van der Waals surface area contributed by atoms with Crippen molar-refractivity contribution in [3.05, 3.63) is 40.9 Å². The number of aromatic nitrogens is 3. The number of fused-ring (bicyclic) bond motifs is 1. The quantitative estimate of drug-likeness (QED) is 0.644. The highest BCUT2D eigenvalue weighted by Gasteiger charge is 2.15. The molecule has 1 aromatic heterocycles. The number of anilines is 2. The molecule has 25 heavy (non-hydrogen) atoms. The van der Waals surface area contributed by atoms with Crippen LogP contribution in [0.25, 0.3) is 10.8 Å². The summed E-state index contributed by atoms with van der Waals surface area (Å²) in [4.78, 5) is 12.8. The lowest BCUT2D eigenvalue weighted by Gasteiger charge is -2.18. The van der Waals surface area contributed by atoms with Crippen molar-refractivity contribution in [2.75, 3.05) is 11.9 Å². The van der Waals surface area contributed by atoms with Gasteiger partial charge < -0.3 is 10.0 Å². The molecule has 1 heterocycles. The highest BCUT2D eigenvalue weighted by Crippen LogP contribution is 2.33. The number of benzene rings is 2. The van der Waals surface area contributed by atoms with E-state index in [2.05, 4.69) is 15.0 Å². The third-order valence-corrected chi connectivity index (χ3v) is 4.61. The van der Waals surface area contributed by atoms with Gasteiger partial charge in [-0.1, -0.05) is 6.07 Å². The first-order valence-corrected chi connectivity index (χ1v) is 8.90. The van der Waals surface area contributed by atoms with Crippen molar-refractivity contribution in [1.82, 2.24) is 15.0 Å². The Morgan fingerprint density at radius 3 is 2.28 bits per heavy atom. The summed E-state index contributed by atoms with van der Waals surface area (Å²) in [5.74, 6) is -0.106. The van der Waals surface area contributed by atoms with E-state index in [9.17, 15) is 13.5 Å². The van der Waals surface area contributed by atoms with Crippen molar-refractivity contribution in [3.8, 4) is 5.75 Å². The Morgan fingerprint density at radius 2 is 1.68 bits per heavy atom. The summed E-state index contributed by atoms with van der Waals surface area (Å²) in [6.45, 7) is 0. The molecule has 0 atom stereocenters. The van der Waals surface area contributed by atoms with Crippen LogP contribution in [0.5, 0.6) is 5.75 Å². The smallest absolute Gasteiger partial charge is 0.294 e. The molecule has 0 saturated heterocycles. The number of halogens is 2. The number of hydrogen-bond donors (Lipinski definition) is 2. The normalized spacial score (nSPS) is 11.7. The monoisotopic (exact) mass is 400 g/mol. The van der Waals surface area contributed by atoms with Gasteiger partial charge in [0.1, 0.15) is 5.75 Å². The molecule has 2 aromatic carbocycles. The van der Waals surface area contributed by atoms with Crippen molar-refractivity contribution < 1.29 is 18.1 Å². The zero-order chi connectivity index (χ0) is 18.4. The summed E-state index contributed by atoms with van der Waals surface area (Å²) in [6.07, 6.45) is 0. The highest BCUT2D eigenvalue weighted by molar-refractivity contribution is 7.85. The van der Waals surface area contributed by atoms with Gasteiger partial charge in [0.05, 0.1) is 4.90 Å². The van der Waals surface area contributed by atoms with Crippen molar-refractivity contribution in [3.63, 3.8) is 0 Å². The molecule has 3 aromatic rings. The molecule has 2 N–H and O–H groups in total. The Bertz CT molecular complexity index is 1070. The van der Waals surface area contributed by atoms with E-state index in [-0.39, 0.29) is 22.3 Å². The van der Waals surface area contributed by atoms with Crippen molar-refractivity contribution in [1.29, 1.82) is 0 Å². The molecule has 0 amide bonds. The van der Waals surface area contributed by atoms with Gasteiger partial charge in [-0.3, -0.25) is 4.55 Å². The average Bonchev–Trinajstić information content (AvgIpc) is 2.52. The molecule has 0 bridgehead atoms. The fraction of sp³-hybridized carbons (Fsp3) is 0.0714. The van der Waals surface area contributed by atoms with Gasteiger partial charge in [0.25, 0.3) is 10.1 Å². The fourth-order valence-corrected chi connectivity index (χ4v) is 3.13. The Hall–Kier alpha value is -2.20. The van der Waals surface area contributed by atoms with Gasteiger partial charge in [0.15, 0.2) is 0 Å². The van der Waals surface area contributed by atoms with Gasteiger partial charge >= 0.3 is 0 Å².